The number of amides is 1. The molecule has 0 spiro atoms. The van der Waals surface area contributed by atoms with Gasteiger partial charge in [-0.05, 0) is 56.2 Å². The van der Waals surface area contributed by atoms with Gasteiger partial charge in [-0.2, -0.15) is 0 Å². The minimum absolute atomic E-state index is 0.0942. The monoisotopic (exact) mass is 408 g/mol. The number of nitrogens with zero attached hydrogens (tertiary/aromatic N) is 1. The maximum absolute atomic E-state index is 13.5. The van der Waals surface area contributed by atoms with Crippen LogP contribution in [0.15, 0.2) is 42.5 Å². The summed E-state index contributed by atoms with van der Waals surface area (Å²) in [5, 5.41) is 2.66. The van der Waals surface area contributed by atoms with E-state index in [0.717, 1.165) is 33.5 Å². The maximum Gasteiger partial charge on any atom is 0.243 e. The fourth-order valence-corrected chi connectivity index (χ4v) is 3.93. The summed E-state index contributed by atoms with van der Waals surface area (Å²) in [4.78, 5) is 12.5. The lowest BCUT2D eigenvalue weighted by molar-refractivity contribution is -0.121. The normalized spacial score (nSPS) is 12.3. The SMILES string of the molecule is Cc1ccc(C)c(OCCNC(=O)C(C)N(c2cccc(F)c2)S(C)(=O)=O)c1. The summed E-state index contributed by atoms with van der Waals surface area (Å²) < 4.78 is 44.4. The molecular formula is C20H25FN2O4S. The van der Waals surface area contributed by atoms with E-state index >= 15 is 0 Å². The summed E-state index contributed by atoms with van der Waals surface area (Å²) in [5.41, 5.74) is 2.15. The van der Waals surface area contributed by atoms with Crippen LogP contribution in [0.2, 0.25) is 0 Å². The first-order valence-corrected chi connectivity index (χ1v) is 10.7. The minimum atomic E-state index is -3.79. The van der Waals surface area contributed by atoms with E-state index in [4.69, 9.17) is 4.74 Å². The van der Waals surface area contributed by atoms with Gasteiger partial charge < -0.3 is 10.1 Å². The molecule has 2 aromatic carbocycles. The number of benzene rings is 2. The first kappa shape index (κ1) is 21.7. The van der Waals surface area contributed by atoms with Gasteiger partial charge in [0.1, 0.15) is 24.2 Å². The Morgan fingerprint density at radius 3 is 2.57 bits per heavy atom. The highest BCUT2D eigenvalue weighted by Gasteiger charge is 2.29. The van der Waals surface area contributed by atoms with Crippen molar-refractivity contribution in [3.63, 3.8) is 0 Å². The molecule has 0 saturated heterocycles. The minimum Gasteiger partial charge on any atom is -0.491 e. The Balaban J connectivity index is 2.00. The number of rotatable bonds is 8. The fraction of sp³-hybridized carbons (Fsp3) is 0.350. The van der Waals surface area contributed by atoms with Gasteiger partial charge in [0.25, 0.3) is 0 Å². The number of ether oxygens (including phenoxy) is 1. The molecule has 1 unspecified atom stereocenters. The van der Waals surface area contributed by atoms with Crippen molar-refractivity contribution >= 4 is 21.6 Å². The average Bonchev–Trinajstić information content (AvgIpc) is 2.60. The molecule has 8 heteroatoms. The Bertz CT molecular complexity index is 947. The number of halogens is 1. The molecular weight excluding hydrogens is 383 g/mol. The van der Waals surface area contributed by atoms with Crippen molar-refractivity contribution in [1.82, 2.24) is 5.32 Å². The molecule has 28 heavy (non-hydrogen) atoms. The van der Waals surface area contributed by atoms with Crippen LogP contribution < -0.4 is 14.4 Å². The van der Waals surface area contributed by atoms with Crippen LogP contribution in [0, 0.1) is 19.7 Å². The molecule has 0 radical (unpaired) electrons. The Morgan fingerprint density at radius 2 is 1.93 bits per heavy atom. The highest BCUT2D eigenvalue weighted by atomic mass is 32.2. The van der Waals surface area contributed by atoms with E-state index in [1.54, 1.807) is 0 Å². The van der Waals surface area contributed by atoms with Crippen molar-refractivity contribution in [3.05, 3.63) is 59.4 Å². The summed E-state index contributed by atoms with van der Waals surface area (Å²) in [7, 11) is -3.79. The molecule has 0 aliphatic heterocycles. The van der Waals surface area contributed by atoms with Crippen LogP contribution in [-0.4, -0.2) is 39.8 Å². The van der Waals surface area contributed by atoms with Gasteiger partial charge in [-0.1, -0.05) is 18.2 Å². The summed E-state index contributed by atoms with van der Waals surface area (Å²) in [6, 6.07) is 9.93. The van der Waals surface area contributed by atoms with Crippen molar-refractivity contribution in [2.45, 2.75) is 26.8 Å². The van der Waals surface area contributed by atoms with Crippen LogP contribution >= 0.6 is 0 Å². The van der Waals surface area contributed by atoms with Crippen molar-refractivity contribution in [2.24, 2.45) is 0 Å². The Kier molecular flexibility index (Phi) is 7.01. The predicted molar refractivity (Wildman–Crippen MR) is 108 cm³/mol. The number of nitrogens with one attached hydrogen (secondary N) is 1. The van der Waals surface area contributed by atoms with Gasteiger partial charge in [0, 0.05) is 0 Å². The number of sulfonamides is 1. The molecule has 6 nitrogen and oxygen atoms in total. The highest BCUT2D eigenvalue weighted by molar-refractivity contribution is 7.92. The van der Waals surface area contributed by atoms with E-state index in [0.29, 0.717) is 0 Å². The maximum atomic E-state index is 13.5. The first-order chi connectivity index (χ1) is 13.1. The number of carbonyl (C=O) groups excluding carboxylic acids is 1. The van der Waals surface area contributed by atoms with Crippen molar-refractivity contribution in [3.8, 4) is 5.75 Å². The summed E-state index contributed by atoms with van der Waals surface area (Å²) in [6.07, 6.45) is 0.977. The van der Waals surface area contributed by atoms with Crippen LogP contribution in [0.25, 0.3) is 0 Å². The topological polar surface area (TPSA) is 75.7 Å². The van der Waals surface area contributed by atoms with Gasteiger partial charge in [-0.3, -0.25) is 9.10 Å². The van der Waals surface area contributed by atoms with Gasteiger partial charge in [0.05, 0.1) is 18.5 Å². The third-order valence-corrected chi connectivity index (χ3v) is 5.40. The molecule has 1 amide bonds. The molecule has 2 aromatic rings. The van der Waals surface area contributed by atoms with Gasteiger partial charge in [-0.25, -0.2) is 12.8 Å². The van der Waals surface area contributed by atoms with Crippen molar-refractivity contribution in [1.29, 1.82) is 0 Å². The third-order valence-electron chi connectivity index (χ3n) is 4.15. The van der Waals surface area contributed by atoms with E-state index in [9.17, 15) is 17.6 Å². The molecule has 152 valence electrons. The fourth-order valence-electron chi connectivity index (χ4n) is 2.77. The summed E-state index contributed by atoms with van der Waals surface area (Å²) in [6.45, 7) is 5.78. The highest BCUT2D eigenvalue weighted by Crippen LogP contribution is 2.22. The molecule has 0 fully saturated rings. The molecule has 0 aliphatic rings. The van der Waals surface area contributed by atoms with E-state index < -0.39 is 27.8 Å². The van der Waals surface area contributed by atoms with E-state index in [1.807, 2.05) is 32.0 Å². The van der Waals surface area contributed by atoms with Crippen LogP contribution in [0.1, 0.15) is 18.1 Å². The Hall–Kier alpha value is -2.61. The van der Waals surface area contributed by atoms with Gasteiger partial charge in [-0.15, -0.1) is 0 Å². The first-order valence-electron chi connectivity index (χ1n) is 8.82. The number of hydrogen-bond acceptors (Lipinski definition) is 4. The molecule has 2 rings (SSSR count). The van der Waals surface area contributed by atoms with Crippen LogP contribution in [-0.2, 0) is 14.8 Å². The summed E-state index contributed by atoms with van der Waals surface area (Å²) in [5.74, 6) is -0.347. The smallest absolute Gasteiger partial charge is 0.243 e. The van der Waals surface area contributed by atoms with Crippen LogP contribution in [0.5, 0.6) is 5.75 Å². The zero-order valence-corrected chi connectivity index (χ0v) is 17.2. The average molecular weight is 408 g/mol. The van der Waals surface area contributed by atoms with E-state index in [-0.39, 0.29) is 18.8 Å². The standard InChI is InChI=1S/C20H25FN2O4S/c1-14-8-9-15(2)19(12-14)27-11-10-22-20(24)16(3)23(28(4,25)26)18-7-5-6-17(21)13-18/h5-9,12-13,16H,10-11H2,1-4H3,(H,22,24). The number of hydrogen-bond donors (Lipinski definition) is 1. The molecule has 0 bridgehead atoms. The third kappa shape index (κ3) is 5.69. The lowest BCUT2D eigenvalue weighted by atomic mass is 10.1. The lowest BCUT2D eigenvalue weighted by Gasteiger charge is -2.28. The Morgan fingerprint density at radius 1 is 1.21 bits per heavy atom. The van der Waals surface area contributed by atoms with E-state index in [2.05, 4.69) is 5.32 Å². The number of anilines is 1. The predicted octanol–water partition coefficient (Wildman–Crippen LogP) is 2.79. The van der Waals surface area contributed by atoms with Gasteiger partial charge in [0.15, 0.2) is 0 Å². The molecule has 0 saturated carbocycles. The second-order valence-corrected chi connectivity index (χ2v) is 8.48. The number of aryl methyl sites for hydroxylation is 2. The Labute approximate surface area is 165 Å². The second kappa shape index (κ2) is 9.05. The summed E-state index contributed by atoms with van der Waals surface area (Å²) >= 11 is 0. The van der Waals surface area contributed by atoms with Crippen molar-refractivity contribution in [2.75, 3.05) is 23.7 Å². The molecule has 0 aliphatic carbocycles. The number of carbonyl (C=O) groups is 1. The van der Waals surface area contributed by atoms with Crippen molar-refractivity contribution < 1.29 is 22.3 Å². The van der Waals surface area contributed by atoms with Crippen LogP contribution in [0.4, 0.5) is 10.1 Å². The van der Waals surface area contributed by atoms with Gasteiger partial charge >= 0.3 is 0 Å². The molecule has 0 heterocycles. The van der Waals surface area contributed by atoms with E-state index in [1.165, 1.54) is 25.1 Å². The lowest BCUT2D eigenvalue weighted by Crippen LogP contribution is -2.48. The second-order valence-electron chi connectivity index (χ2n) is 6.62. The largest absolute Gasteiger partial charge is 0.491 e. The molecule has 1 N–H and O–H groups in total. The van der Waals surface area contributed by atoms with Gasteiger partial charge in [0.2, 0.25) is 15.9 Å². The molecule has 0 aromatic heterocycles. The molecule has 1 atom stereocenters. The van der Waals surface area contributed by atoms with Crippen LogP contribution in [0.3, 0.4) is 0 Å². The quantitative estimate of drug-likeness (QED) is 0.682. The zero-order valence-electron chi connectivity index (χ0n) is 16.4. The zero-order chi connectivity index (χ0) is 20.9.